The first-order valence-corrected chi connectivity index (χ1v) is 4.03. The van der Waals surface area contributed by atoms with Gasteiger partial charge in [-0.2, -0.15) is 4.37 Å². The van der Waals surface area contributed by atoms with Crippen LogP contribution in [0.5, 0.6) is 0 Å². The normalized spacial score (nSPS) is 9.91. The highest BCUT2D eigenvalue weighted by atomic mass is 35.5. The van der Waals surface area contributed by atoms with Crippen molar-refractivity contribution in [2.24, 2.45) is 0 Å². The molecule has 0 saturated carbocycles. The molecule has 11 heavy (non-hydrogen) atoms. The van der Waals surface area contributed by atoms with E-state index in [0.29, 0.717) is 16.7 Å². The summed E-state index contributed by atoms with van der Waals surface area (Å²) < 4.78 is 4.18. The molecule has 0 aliphatic carbocycles. The van der Waals surface area contributed by atoms with Crippen LogP contribution in [-0.2, 0) is 11.2 Å². The smallest absolute Gasteiger partial charge is 0.303 e. The van der Waals surface area contributed by atoms with Gasteiger partial charge in [0.05, 0.1) is 6.42 Å². The molecule has 0 fully saturated rings. The van der Waals surface area contributed by atoms with Gasteiger partial charge in [-0.1, -0.05) is 0 Å². The van der Waals surface area contributed by atoms with Gasteiger partial charge in [0, 0.05) is 6.42 Å². The second kappa shape index (κ2) is 3.64. The van der Waals surface area contributed by atoms with E-state index in [0.717, 1.165) is 11.5 Å². The van der Waals surface area contributed by atoms with Crippen LogP contribution in [0, 0.1) is 0 Å². The molecule has 0 aromatic carbocycles. The number of aromatic nitrogens is 2. The van der Waals surface area contributed by atoms with Crippen molar-refractivity contribution in [2.75, 3.05) is 0 Å². The molecule has 0 radical (unpaired) electrons. The summed E-state index contributed by atoms with van der Waals surface area (Å²) in [5.74, 6) is -0.349. The van der Waals surface area contributed by atoms with Gasteiger partial charge in [0.2, 0.25) is 4.47 Å². The van der Waals surface area contributed by atoms with Gasteiger partial charge in [-0.05, 0) is 23.1 Å². The Bertz CT molecular complexity index is 263. The Labute approximate surface area is 72.0 Å². The van der Waals surface area contributed by atoms with Gasteiger partial charge in [0.25, 0.3) is 0 Å². The van der Waals surface area contributed by atoms with Crippen molar-refractivity contribution in [1.82, 2.24) is 9.36 Å². The van der Waals surface area contributed by atoms with Gasteiger partial charge in [-0.3, -0.25) is 4.79 Å². The summed E-state index contributed by atoms with van der Waals surface area (Å²) in [5.41, 5.74) is 0. The molecule has 1 aromatic heterocycles. The van der Waals surface area contributed by atoms with E-state index in [4.69, 9.17) is 16.7 Å². The molecular formula is C5H5ClN2O2S. The van der Waals surface area contributed by atoms with Gasteiger partial charge >= 0.3 is 5.97 Å². The summed E-state index contributed by atoms with van der Waals surface area (Å²) in [6.07, 6.45) is 0.394. The zero-order valence-electron chi connectivity index (χ0n) is 5.45. The zero-order valence-corrected chi connectivity index (χ0v) is 7.02. The van der Waals surface area contributed by atoms with Crippen LogP contribution in [0.3, 0.4) is 0 Å². The molecule has 0 atom stereocenters. The predicted octanol–water partition coefficient (Wildman–Crippen LogP) is 1.21. The van der Waals surface area contributed by atoms with Gasteiger partial charge in [-0.15, -0.1) is 0 Å². The molecule has 60 valence electrons. The largest absolute Gasteiger partial charge is 0.481 e. The van der Waals surface area contributed by atoms with E-state index in [1.165, 1.54) is 0 Å². The van der Waals surface area contributed by atoms with Crippen LogP contribution < -0.4 is 0 Å². The molecule has 1 rings (SSSR count). The quantitative estimate of drug-likeness (QED) is 0.782. The van der Waals surface area contributed by atoms with Crippen LogP contribution in [0.2, 0.25) is 4.47 Å². The number of halogens is 1. The number of rotatable bonds is 3. The molecule has 0 amide bonds. The highest BCUT2D eigenvalue weighted by molar-refractivity contribution is 7.10. The first-order chi connectivity index (χ1) is 5.18. The molecule has 4 nitrogen and oxygen atoms in total. The number of hydrogen-bond donors (Lipinski definition) is 1. The Kier molecular flexibility index (Phi) is 2.78. The van der Waals surface area contributed by atoms with Gasteiger partial charge in [-0.25, -0.2) is 4.98 Å². The molecule has 0 saturated heterocycles. The van der Waals surface area contributed by atoms with Crippen molar-refractivity contribution in [1.29, 1.82) is 0 Å². The minimum atomic E-state index is -0.851. The Morgan fingerprint density at radius 2 is 2.45 bits per heavy atom. The molecule has 0 bridgehead atoms. The summed E-state index contributed by atoms with van der Waals surface area (Å²) in [4.78, 5) is 13.9. The Morgan fingerprint density at radius 1 is 1.73 bits per heavy atom. The van der Waals surface area contributed by atoms with E-state index in [1.807, 2.05) is 0 Å². The Balaban J connectivity index is 2.45. The molecule has 1 N–H and O–H groups in total. The van der Waals surface area contributed by atoms with Crippen LogP contribution >= 0.6 is 23.1 Å². The van der Waals surface area contributed by atoms with Crippen molar-refractivity contribution in [3.8, 4) is 0 Å². The number of aryl methyl sites for hydroxylation is 1. The molecular weight excluding hydrogens is 188 g/mol. The molecule has 1 heterocycles. The van der Waals surface area contributed by atoms with Crippen LogP contribution in [0.1, 0.15) is 12.2 Å². The van der Waals surface area contributed by atoms with Gasteiger partial charge in [0.15, 0.2) is 0 Å². The van der Waals surface area contributed by atoms with E-state index in [1.54, 1.807) is 0 Å². The molecule has 0 unspecified atom stereocenters. The minimum absolute atomic E-state index is 0.0487. The number of nitrogens with zero attached hydrogens (tertiary/aromatic N) is 2. The standard InChI is InChI=1S/C5H5ClN2O2S/c6-5-7-3(8-11-5)1-2-4(9)10/h1-2H2,(H,9,10). The highest BCUT2D eigenvalue weighted by Crippen LogP contribution is 2.11. The third-order valence-electron chi connectivity index (χ3n) is 1.01. The zero-order chi connectivity index (χ0) is 8.27. The molecule has 0 aliphatic rings. The lowest BCUT2D eigenvalue weighted by Crippen LogP contribution is -1.98. The van der Waals surface area contributed by atoms with E-state index >= 15 is 0 Å². The lowest BCUT2D eigenvalue weighted by molar-refractivity contribution is -0.137. The van der Waals surface area contributed by atoms with Crippen molar-refractivity contribution in [3.05, 3.63) is 10.3 Å². The lowest BCUT2D eigenvalue weighted by Gasteiger charge is -1.87. The average molecular weight is 193 g/mol. The minimum Gasteiger partial charge on any atom is -0.481 e. The van der Waals surface area contributed by atoms with E-state index in [2.05, 4.69) is 9.36 Å². The Hall–Kier alpha value is -0.680. The molecule has 0 spiro atoms. The summed E-state index contributed by atoms with van der Waals surface area (Å²) in [6.45, 7) is 0. The summed E-state index contributed by atoms with van der Waals surface area (Å²) in [7, 11) is 0. The number of carboxylic acid groups (broad SMARTS) is 1. The lowest BCUT2D eigenvalue weighted by atomic mass is 10.3. The van der Waals surface area contributed by atoms with Crippen molar-refractivity contribution in [3.63, 3.8) is 0 Å². The predicted molar refractivity (Wildman–Crippen MR) is 40.9 cm³/mol. The van der Waals surface area contributed by atoms with E-state index in [-0.39, 0.29) is 6.42 Å². The van der Waals surface area contributed by atoms with E-state index in [9.17, 15) is 4.79 Å². The third kappa shape index (κ3) is 2.81. The number of aliphatic carboxylic acids is 1. The summed E-state index contributed by atoms with van der Waals surface area (Å²) in [5, 5.41) is 8.30. The van der Waals surface area contributed by atoms with Gasteiger partial charge < -0.3 is 5.11 Å². The first-order valence-electron chi connectivity index (χ1n) is 2.88. The Morgan fingerprint density at radius 3 is 2.91 bits per heavy atom. The van der Waals surface area contributed by atoms with Crippen molar-refractivity contribution >= 4 is 29.1 Å². The fourth-order valence-electron chi connectivity index (χ4n) is 0.553. The van der Waals surface area contributed by atoms with Crippen LogP contribution in [0.4, 0.5) is 0 Å². The molecule has 6 heteroatoms. The monoisotopic (exact) mass is 192 g/mol. The van der Waals surface area contributed by atoms with Crippen molar-refractivity contribution < 1.29 is 9.90 Å². The second-order valence-corrected chi connectivity index (χ2v) is 3.19. The first kappa shape index (κ1) is 8.42. The van der Waals surface area contributed by atoms with Gasteiger partial charge in [0.1, 0.15) is 5.82 Å². The maximum Gasteiger partial charge on any atom is 0.303 e. The molecule has 1 aromatic rings. The maximum atomic E-state index is 10.1. The average Bonchev–Trinajstić information content (AvgIpc) is 2.31. The fourth-order valence-corrected chi connectivity index (χ4v) is 1.21. The fraction of sp³-hybridized carbons (Fsp3) is 0.400. The third-order valence-corrected chi connectivity index (χ3v) is 1.84. The number of hydrogen-bond acceptors (Lipinski definition) is 4. The number of carboxylic acids is 1. The molecule has 0 aliphatic heterocycles. The van der Waals surface area contributed by atoms with E-state index < -0.39 is 5.97 Å². The number of carbonyl (C=O) groups is 1. The van der Waals surface area contributed by atoms with Crippen LogP contribution in [0.15, 0.2) is 0 Å². The van der Waals surface area contributed by atoms with Crippen LogP contribution in [-0.4, -0.2) is 20.4 Å². The second-order valence-electron chi connectivity index (χ2n) is 1.86. The summed E-state index contributed by atoms with van der Waals surface area (Å²) in [6, 6.07) is 0. The topological polar surface area (TPSA) is 63.1 Å². The highest BCUT2D eigenvalue weighted by Gasteiger charge is 2.03. The maximum absolute atomic E-state index is 10.1. The van der Waals surface area contributed by atoms with Crippen molar-refractivity contribution in [2.45, 2.75) is 12.8 Å². The van der Waals surface area contributed by atoms with Crippen LogP contribution in [0.25, 0.3) is 0 Å². The SMILES string of the molecule is O=C(O)CCc1nsc(Cl)n1. The summed E-state index contributed by atoms with van der Waals surface area (Å²) >= 11 is 6.54.